The molecular weight excluding hydrogens is 260 g/mol. The first kappa shape index (κ1) is 13.7. The molecule has 1 aliphatic heterocycles. The van der Waals surface area contributed by atoms with Gasteiger partial charge in [-0.1, -0.05) is 36.4 Å². The Labute approximate surface area is 125 Å². The van der Waals surface area contributed by atoms with E-state index in [1.165, 1.54) is 6.42 Å². The second-order valence-electron chi connectivity index (χ2n) is 5.52. The minimum Gasteiger partial charge on any atom is -0.398 e. The quantitative estimate of drug-likeness (QED) is 0.855. The first-order valence-electron chi connectivity index (χ1n) is 7.50. The van der Waals surface area contributed by atoms with E-state index in [0.29, 0.717) is 11.3 Å². The minimum absolute atomic E-state index is 0.0619. The summed E-state index contributed by atoms with van der Waals surface area (Å²) in [6.07, 6.45) is 3.40. The van der Waals surface area contributed by atoms with E-state index in [-0.39, 0.29) is 5.91 Å². The van der Waals surface area contributed by atoms with Gasteiger partial charge in [0, 0.05) is 18.8 Å². The largest absolute Gasteiger partial charge is 0.398 e. The number of nitrogens with two attached hydrogens (primary N) is 1. The first-order valence-corrected chi connectivity index (χ1v) is 7.50. The van der Waals surface area contributed by atoms with Gasteiger partial charge in [-0.3, -0.25) is 4.79 Å². The highest BCUT2D eigenvalue weighted by Gasteiger charge is 2.20. The SMILES string of the molecule is Nc1cc(-c2ccccc2)ccc1C(=O)N1CCCCC1. The van der Waals surface area contributed by atoms with Crippen LogP contribution in [-0.4, -0.2) is 23.9 Å². The summed E-state index contributed by atoms with van der Waals surface area (Å²) in [6, 6.07) is 15.8. The third-order valence-electron chi connectivity index (χ3n) is 4.03. The molecule has 1 heterocycles. The van der Waals surface area contributed by atoms with E-state index in [0.717, 1.165) is 37.1 Å². The van der Waals surface area contributed by atoms with Gasteiger partial charge in [0.05, 0.1) is 5.56 Å². The molecule has 21 heavy (non-hydrogen) atoms. The smallest absolute Gasteiger partial charge is 0.255 e. The van der Waals surface area contributed by atoms with E-state index in [4.69, 9.17) is 5.73 Å². The molecule has 1 saturated heterocycles. The average molecular weight is 280 g/mol. The van der Waals surface area contributed by atoms with E-state index in [1.54, 1.807) is 0 Å². The molecule has 0 unspecified atom stereocenters. The third kappa shape index (κ3) is 2.92. The zero-order valence-electron chi connectivity index (χ0n) is 12.1. The maximum absolute atomic E-state index is 12.5. The van der Waals surface area contributed by atoms with E-state index >= 15 is 0 Å². The van der Waals surface area contributed by atoms with Gasteiger partial charge in [0.15, 0.2) is 0 Å². The van der Waals surface area contributed by atoms with Crippen LogP contribution in [0.1, 0.15) is 29.6 Å². The van der Waals surface area contributed by atoms with Gasteiger partial charge in [-0.05, 0) is 42.5 Å². The first-order chi connectivity index (χ1) is 10.3. The van der Waals surface area contributed by atoms with Crippen molar-refractivity contribution in [1.82, 2.24) is 4.90 Å². The molecule has 3 rings (SSSR count). The van der Waals surface area contributed by atoms with Gasteiger partial charge in [0.25, 0.3) is 5.91 Å². The number of hydrogen-bond acceptors (Lipinski definition) is 2. The normalized spacial score (nSPS) is 15.0. The highest BCUT2D eigenvalue weighted by Crippen LogP contribution is 2.25. The molecule has 0 aliphatic carbocycles. The lowest BCUT2D eigenvalue weighted by Gasteiger charge is -2.27. The summed E-state index contributed by atoms with van der Waals surface area (Å²) in [5.41, 5.74) is 9.46. The molecule has 1 aliphatic rings. The van der Waals surface area contributed by atoms with Crippen LogP contribution in [-0.2, 0) is 0 Å². The number of nitrogens with zero attached hydrogens (tertiary/aromatic N) is 1. The van der Waals surface area contributed by atoms with Crippen molar-refractivity contribution in [3.8, 4) is 11.1 Å². The predicted octanol–water partition coefficient (Wildman–Crippen LogP) is 3.56. The molecule has 0 spiro atoms. The van der Waals surface area contributed by atoms with Crippen LogP contribution in [0.4, 0.5) is 5.69 Å². The Morgan fingerprint density at radius 2 is 1.62 bits per heavy atom. The van der Waals surface area contributed by atoms with E-state index in [1.807, 2.05) is 53.4 Å². The number of anilines is 1. The summed E-state index contributed by atoms with van der Waals surface area (Å²) in [7, 11) is 0. The predicted molar refractivity (Wildman–Crippen MR) is 86.0 cm³/mol. The molecule has 2 aromatic rings. The molecule has 3 nitrogen and oxygen atoms in total. The second-order valence-corrected chi connectivity index (χ2v) is 5.52. The van der Waals surface area contributed by atoms with Crippen LogP contribution in [0.5, 0.6) is 0 Å². The van der Waals surface area contributed by atoms with Crippen LogP contribution in [0.15, 0.2) is 48.5 Å². The monoisotopic (exact) mass is 280 g/mol. The summed E-state index contributed by atoms with van der Waals surface area (Å²) in [5.74, 6) is 0.0619. The van der Waals surface area contributed by atoms with Gasteiger partial charge in [0.2, 0.25) is 0 Å². The van der Waals surface area contributed by atoms with Gasteiger partial charge < -0.3 is 10.6 Å². The van der Waals surface area contributed by atoms with Crippen LogP contribution in [0, 0.1) is 0 Å². The Balaban J connectivity index is 1.86. The number of benzene rings is 2. The number of carbonyl (C=O) groups excluding carboxylic acids is 1. The highest BCUT2D eigenvalue weighted by molar-refractivity contribution is 6.00. The molecule has 1 amide bonds. The van der Waals surface area contributed by atoms with E-state index in [2.05, 4.69) is 0 Å². The number of amides is 1. The third-order valence-corrected chi connectivity index (χ3v) is 4.03. The zero-order valence-corrected chi connectivity index (χ0v) is 12.1. The molecule has 0 atom stereocenters. The van der Waals surface area contributed by atoms with Crippen molar-refractivity contribution in [2.24, 2.45) is 0 Å². The molecule has 0 radical (unpaired) electrons. The van der Waals surface area contributed by atoms with Crippen molar-refractivity contribution >= 4 is 11.6 Å². The molecule has 2 aromatic carbocycles. The van der Waals surface area contributed by atoms with Crippen molar-refractivity contribution in [2.45, 2.75) is 19.3 Å². The Morgan fingerprint density at radius 3 is 2.29 bits per heavy atom. The molecular formula is C18H20N2O. The number of nitrogen functional groups attached to an aromatic ring is 1. The topological polar surface area (TPSA) is 46.3 Å². The minimum atomic E-state index is 0.0619. The van der Waals surface area contributed by atoms with Gasteiger partial charge in [-0.15, -0.1) is 0 Å². The average Bonchev–Trinajstić information content (AvgIpc) is 2.56. The second kappa shape index (κ2) is 6.00. The molecule has 3 heteroatoms. The van der Waals surface area contributed by atoms with Crippen LogP contribution in [0.2, 0.25) is 0 Å². The highest BCUT2D eigenvalue weighted by atomic mass is 16.2. The van der Waals surface area contributed by atoms with Crippen LogP contribution < -0.4 is 5.73 Å². The molecule has 0 bridgehead atoms. The summed E-state index contributed by atoms with van der Waals surface area (Å²) in [6.45, 7) is 1.69. The number of rotatable bonds is 2. The van der Waals surface area contributed by atoms with Crippen molar-refractivity contribution in [3.63, 3.8) is 0 Å². The summed E-state index contributed by atoms with van der Waals surface area (Å²) >= 11 is 0. The Bertz CT molecular complexity index is 631. The molecule has 0 saturated carbocycles. The molecule has 0 aromatic heterocycles. The van der Waals surface area contributed by atoms with Crippen LogP contribution in [0.3, 0.4) is 0 Å². The van der Waals surface area contributed by atoms with E-state index in [9.17, 15) is 4.79 Å². The summed E-state index contributed by atoms with van der Waals surface area (Å²) in [4.78, 5) is 14.4. The van der Waals surface area contributed by atoms with Crippen molar-refractivity contribution in [2.75, 3.05) is 18.8 Å². The summed E-state index contributed by atoms with van der Waals surface area (Å²) < 4.78 is 0. The molecule has 108 valence electrons. The fourth-order valence-corrected chi connectivity index (χ4v) is 2.83. The van der Waals surface area contributed by atoms with Gasteiger partial charge >= 0.3 is 0 Å². The number of carbonyl (C=O) groups is 1. The lowest BCUT2D eigenvalue weighted by molar-refractivity contribution is 0.0725. The maximum atomic E-state index is 12.5. The Kier molecular flexibility index (Phi) is 3.91. The van der Waals surface area contributed by atoms with Crippen molar-refractivity contribution in [3.05, 3.63) is 54.1 Å². The lowest BCUT2D eigenvalue weighted by atomic mass is 10.0. The van der Waals surface area contributed by atoms with E-state index < -0.39 is 0 Å². The van der Waals surface area contributed by atoms with Crippen molar-refractivity contribution in [1.29, 1.82) is 0 Å². The number of likely N-dealkylation sites (tertiary alicyclic amines) is 1. The maximum Gasteiger partial charge on any atom is 0.255 e. The fourth-order valence-electron chi connectivity index (χ4n) is 2.83. The molecule has 1 fully saturated rings. The zero-order chi connectivity index (χ0) is 14.7. The number of hydrogen-bond donors (Lipinski definition) is 1. The lowest BCUT2D eigenvalue weighted by Crippen LogP contribution is -2.35. The number of piperidine rings is 1. The molecule has 2 N–H and O–H groups in total. The van der Waals surface area contributed by atoms with Crippen molar-refractivity contribution < 1.29 is 4.79 Å². The van der Waals surface area contributed by atoms with Crippen LogP contribution in [0.25, 0.3) is 11.1 Å². The Morgan fingerprint density at radius 1 is 0.905 bits per heavy atom. The fraction of sp³-hybridized carbons (Fsp3) is 0.278. The van der Waals surface area contributed by atoms with Gasteiger partial charge in [0.1, 0.15) is 0 Å². The van der Waals surface area contributed by atoms with Gasteiger partial charge in [-0.25, -0.2) is 0 Å². The Hall–Kier alpha value is -2.29. The van der Waals surface area contributed by atoms with Gasteiger partial charge in [-0.2, -0.15) is 0 Å². The summed E-state index contributed by atoms with van der Waals surface area (Å²) in [5, 5.41) is 0. The van der Waals surface area contributed by atoms with Crippen LogP contribution >= 0.6 is 0 Å². The standard InChI is InChI=1S/C18H20N2O/c19-17-13-15(14-7-3-1-4-8-14)9-10-16(17)18(21)20-11-5-2-6-12-20/h1,3-4,7-10,13H,2,5-6,11-12,19H2.